The van der Waals surface area contributed by atoms with E-state index in [4.69, 9.17) is 0 Å². The minimum absolute atomic E-state index is 0.166. The van der Waals surface area contributed by atoms with Gasteiger partial charge in [-0.15, -0.1) is 0 Å². The van der Waals surface area contributed by atoms with E-state index in [1.54, 1.807) is 12.1 Å². The van der Waals surface area contributed by atoms with E-state index >= 15 is 0 Å². The monoisotopic (exact) mass is 312 g/mol. The third-order valence-corrected chi connectivity index (χ3v) is 3.99. The van der Waals surface area contributed by atoms with Gasteiger partial charge in [0.05, 0.1) is 10.6 Å². The molecule has 2 aromatic rings. The normalized spacial score (nSPS) is 18.0. The largest absolute Gasteiger partial charge is 0.300 e. The van der Waals surface area contributed by atoms with Crippen LogP contribution < -0.4 is 5.32 Å². The van der Waals surface area contributed by atoms with Crippen LogP contribution in [0.4, 0.5) is 14.9 Å². The van der Waals surface area contributed by atoms with Gasteiger partial charge in [-0.25, -0.2) is 9.38 Å². The van der Waals surface area contributed by atoms with E-state index in [1.165, 1.54) is 12.1 Å². The molecule has 0 bridgehead atoms. The first kappa shape index (κ1) is 14.5. The van der Waals surface area contributed by atoms with E-state index in [0.29, 0.717) is 5.84 Å². The van der Waals surface area contributed by atoms with E-state index in [-0.39, 0.29) is 11.1 Å². The molecule has 0 unspecified atom stereocenters. The van der Waals surface area contributed by atoms with Crippen LogP contribution in [0.2, 0.25) is 0 Å². The Morgan fingerprint density at radius 1 is 1.14 bits per heavy atom. The molecule has 22 heavy (non-hydrogen) atoms. The van der Waals surface area contributed by atoms with Gasteiger partial charge in [-0.05, 0) is 54.1 Å². The molecule has 1 saturated heterocycles. The highest BCUT2D eigenvalue weighted by Gasteiger charge is 2.23. The van der Waals surface area contributed by atoms with Crippen LogP contribution in [0.15, 0.2) is 58.4 Å². The standard InChI is InChI=1S/C17H13FN2OS/c1-11-4-2-3-5-14(11)19-16-15(22-17(21)20-16)10-12-6-8-13(18)9-7-12/h2-10H,1H3,(H,19,20,21)/b15-10-. The van der Waals surface area contributed by atoms with Crippen molar-refractivity contribution in [3.63, 3.8) is 0 Å². The number of carbonyl (C=O) groups excluding carboxylic acids is 1. The fourth-order valence-electron chi connectivity index (χ4n) is 2.03. The molecule has 0 radical (unpaired) electrons. The maximum Gasteiger partial charge on any atom is 0.289 e. The van der Waals surface area contributed by atoms with Crippen molar-refractivity contribution in [3.8, 4) is 0 Å². The van der Waals surface area contributed by atoms with E-state index in [2.05, 4.69) is 10.3 Å². The zero-order chi connectivity index (χ0) is 15.5. The van der Waals surface area contributed by atoms with Gasteiger partial charge in [0.1, 0.15) is 11.7 Å². The average molecular weight is 312 g/mol. The van der Waals surface area contributed by atoms with Crippen LogP contribution in [0.1, 0.15) is 11.1 Å². The summed E-state index contributed by atoms with van der Waals surface area (Å²) in [4.78, 5) is 16.9. The zero-order valence-electron chi connectivity index (χ0n) is 11.8. The predicted molar refractivity (Wildman–Crippen MR) is 88.8 cm³/mol. The smallest absolute Gasteiger partial charge is 0.289 e. The highest BCUT2D eigenvalue weighted by atomic mass is 32.2. The van der Waals surface area contributed by atoms with Crippen molar-refractivity contribution in [2.75, 3.05) is 0 Å². The summed E-state index contributed by atoms with van der Waals surface area (Å²) in [5, 5.41) is 2.58. The van der Waals surface area contributed by atoms with Crippen molar-refractivity contribution in [3.05, 3.63) is 70.4 Å². The number of nitrogens with zero attached hydrogens (tertiary/aromatic N) is 1. The van der Waals surface area contributed by atoms with Crippen molar-refractivity contribution in [1.82, 2.24) is 5.32 Å². The number of carbonyl (C=O) groups is 1. The van der Waals surface area contributed by atoms with Crippen LogP contribution in [-0.2, 0) is 0 Å². The number of hydrogen-bond acceptors (Lipinski definition) is 3. The number of hydrogen-bond donors (Lipinski definition) is 1. The first-order chi connectivity index (χ1) is 10.6. The number of aliphatic imine (C=N–C) groups is 1. The first-order valence-electron chi connectivity index (χ1n) is 6.72. The summed E-state index contributed by atoms with van der Waals surface area (Å²) in [6, 6.07) is 13.8. The number of halogens is 1. The number of amidine groups is 1. The van der Waals surface area contributed by atoms with E-state index in [0.717, 1.165) is 33.5 Å². The molecular weight excluding hydrogens is 299 g/mol. The molecule has 0 spiro atoms. The Morgan fingerprint density at radius 3 is 2.59 bits per heavy atom. The predicted octanol–water partition coefficient (Wildman–Crippen LogP) is 4.66. The third-order valence-electron chi connectivity index (χ3n) is 3.17. The Bertz CT molecular complexity index is 782. The second-order valence-electron chi connectivity index (χ2n) is 4.82. The minimum atomic E-state index is -0.288. The molecule has 3 nitrogen and oxygen atoms in total. The van der Waals surface area contributed by atoms with E-state index in [1.807, 2.05) is 37.3 Å². The fraction of sp³-hybridized carbons (Fsp3) is 0.0588. The van der Waals surface area contributed by atoms with Gasteiger partial charge < -0.3 is 5.32 Å². The second kappa shape index (κ2) is 6.15. The van der Waals surface area contributed by atoms with Crippen molar-refractivity contribution in [2.24, 2.45) is 4.99 Å². The second-order valence-corrected chi connectivity index (χ2v) is 5.84. The van der Waals surface area contributed by atoms with Crippen LogP contribution in [0.5, 0.6) is 0 Å². The fourth-order valence-corrected chi connectivity index (χ4v) is 2.77. The number of para-hydroxylation sites is 1. The van der Waals surface area contributed by atoms with Gasteiger partial charge in [-0.3, -0.25) is 4.79 Å². The maximum absolute atomic E-state index is 13.0. The lowest BCUT2D eigenvalue weighted by atomic mass is 10.2. The summed E-state index contributed by atoms with van der Waals surface area (Å²) in [5.41, 5.74) is 2.66. The molecule has 1 fully saturated rings. The lowest BCUT2D eigenvalue weighted by molar-refractivity contribution is 0.265. The van der Waals surface area contributed by atoms with Gasteiger partial charge in [0.25, 0.3) is 5.24 Å². The lowest BCUT2D eigenvalue weighted by Crippen LogP contribution is -2.18. The van der Waals surface area contributed by atoms with Gasteiger partial charge in [0.2, 0.25) is 0 Å². The topological polar surface area (TPSA) is 41.5 Å². The van der Waals surface area contributed by atoms with E-state index < -0.39 is 0 Å². The Hall–Kier alpha value is -2.40. The van der Waals surface area contributed by atoms with Gasteiger partial charge in [0, 0.05) is 0 Å². The maximum atomic E-state index is 13.0. The molecule has 0 aromatic heterocycles. The molecule has 1 N–H and O–H groups in total. The summed E-state index contributed by atoms with van der Waals surface area (Å²) in [5.74, 6) is 0.234. The quantitative estimate of drug-likeness (QED) is 0.876. The number of aryl methyl sites for hydroxylation is 1. The molecule has 1 amide bonds. The van der Waals surface area contributed by atoms with Crippen molar-refractivity contribution < 1.29 is 9.18 Å². The number of amides is 1. The molecule has 5 heteroatoms. The molecule has 3 rings (SSSR count). The Kier molecular flexibility index (Phi) is 4.06. The average Bonchev–Trinajstić information content (AvgIpc) is 2.83. The highest BCUT2D eigenvalue weighted by molar-refractivity contribution is 8.18. The summed E-state index contributed by atoms with van der Waals surface area (Å²) >= 11 is 1.08. The van der Waals surface area contributed by atoms with Crippen LogP contribution in [0, 0.1) is 12.7 Å². The number of thioether (sulfide) groups is 1. The molecule has 1 aliphatic heterocycles. The van der Waals surface area contributed by atoms with Gasteiger partial charge in [-0.2, -0.15) is 0 Å². The minimum Gasteiger partial charge on any atom is -0.300 e. The highest BCUT2D eigenvalue weighted by Crippen LogP contribution is 2.29. The summed E-state index contributed by atoms with van der Waals surface area (Å²) in [6.45, 7) is 1.96. The van der Waals surface area contributed by atoms with Gasteiger partial charge in [-0.1, -0.05) is 30.3 Å². The third kappa shape index (κ3) is 3.26. The molecule has 110 valence electrons. The van der Waals surface area contributed by atoms with Crippen molar-refractivity contribution >= 4 is 34.6 Å². The summed E-state index contributed by atoms with van der Waals surface area (Å²) in [7, 11) is 0. The van der Waals surface area contributed by atoms with Crippen LogP contribution >= 0.6 is 11.8 Å². The van der Waals surface area contributed by atoms with Crippen LogP contribution in [0.25, 0.3) is 6.08 Å². The molecule has 0 atom stereocenters. The Balaban J connectivity index is 1.97. The van der Waals surface area contributed by atoms with Gasteiger partial charge in [0.15, 0.2) is 0 Å². The molecule has 2 aromatic carbocycles. The first-order valence-corrected chi connectivity index (χ1v) is 7.54. The molecular formula is C17H13FN2OS. The molecule has 1 aliphatic rings. The number of rotatable bonds is 2. The molecule has 0 aliphatic carbocycles. The molecule has 1 heterocycles. The summed E-state index contributed by atoms with van der Waals surface area (Å²) in [6.07, 6.45) is 1.82. The Morgan fingerprint density at radius 2 is 1.86 bits per heavy atom. The van der Waals surface area contributed by atoms with Crippen LogP contribution in [-0.4, -0.2) is 11.1 Å². The SMILES string of the molecule is Cc1ccccc1N=C1NC(=O)S/C1=C\c1ccc(F)cc1. The number of nitrogens with one attached hydrogen (secondary N) is 1. The Labute approximate surface area is 132 Å². The van der Waals surface area contributed by atoms with Crippen molar-refractivity contribution in [1.29, 1.82) is 0 Å². The zero-order valence-corrected chi connectivity index (χ0v) is 12.7. The number of benzene rings is 2. The van der Waals surface area contributed by atoms with E-state index in [9.17, 15) is 9.18 Å². The lowest BCUT2D eigenvalue weighted by Gasteiger charge is -2.02. The molecule has 0 saturated carbocycles. The summed E-state index contributed by atoms with van der Waals surface area (Å²) < 4.78 is 13.0. The van der Waals surface area contributed by atoms with Crippen molar-refractivity contribution in [2.45, 2.75) is 6.92 Å². The van der Waals surface area contributed by atoms with Crippen LogP contribution in [0.3, 0.4) is 0 Å². The van der Waals surface area contributed by atoms with Gasteiger partial charge >= 0.3 is 0 Å².